The second kappa shape index (κ2) is 4.15. The number of fused-ring (bicyclic) bond motifs is 1. The SMILES string of the molecule is O=C1c2ccccc2COC1c1ccccc1. The van der Waals surface area contributed by atoms with Crippen LogP contribution in [0.15, 0.2) is 54.6 Å². The maximum atomic E-state index is 12.3. The predicted molar refractivity (Wildman–Crippen MR) is 64.7 cm³/mol. The Bertz CT molecular complexity index is 546. The fraction of sp³-hybridized carbons (Fsp3) is 0.133. The summed E-state index contributed by atoms with van der Waals surface area (Å²) in [5, 5.41) is 0. The molecule has 84 valence electrons. The Morgan fingerprint density at radius 2 is 1.65 bits per heavy atom. The fourth-order valence-corrected chi connectivity index (χ4v) is 2.15. The van der Waals surface area contributed by atoms with E-state index >= 15 is 0 Å². The molecule has 0 N–H and O–H groups in total. The minimum absolute atomic E-state index is 0.0538. The predicted octanol–water partition coefficient (Wildman–Crippen LogP) is 3.14. The Labute approximate surface area is 99.9 Å². The highest BCUT2D eigenvalue weighted by atomic mass is 16.5. The second-order valence-electron chi connectivity index (χ2n) is 4.12. The van der Waals surface area contributed by atoms with E-state index in [1.807, 2.05) is 54.6 Å². The molecule has 2 nitrogen and oxygen atoms in total. The number of ketones is 1. The summed E-state index contributed by atoms with van der Waals surface area (Å²) in [6.07, 6.45) is -0.453. The molecule has 0 aromatic heterocycles. The van der Waals surface area contributed by atoms with Crippen molar-refractivity contribution in [2.24, 2.45) is 0 Å². The van der Waals surface area contributed by atoms with Gasteiger partial charge in [-0.3, -0.25) is 4.79 Å². The lowest BCUT2D eigenvalue weighted by Crippen LogP contribution is -2.23. The van der Waals surface area contributed by atoms with Gasteiger partial charge in [-0.2, -0.15) is 0 Å². The van der Waals surface area contributed by atoms with E-state index in [2.05, 4.69) is 0 Å². The van der Waals surface area contributed by atoms with Gasteiger partial charge in [-0.1, -0.05) is 54.6 Å². The zero-order valence-electron chi connectivity index (χ0n) is 9.30. The molecule has 0 saturated carbocycles. The van der Waals surface area contributed by atoms with Crippen molar-refractivity contribution in [3.63, 3.8) is 0 Å². The highest BCUT2D eigenvalue weighted by Crippen LogP contribution is 2.29. The molecule has 0 spiro atoms. The van der Waals surface area contributed by atoms with Gasteiger partial charge in [0, 0.05) is 5.56 Å². The largest absolute Gasteiger partial charge is 0.361 e. The Balaban J connectivity index is 2.00. The highest BCUT2D eigenvalue weighted by molar-refractivity contribution is 6.01. The summed E-state index contributed by atoms with van der Waals surface area (Å²) in [6.45, 7) is 0.501. The molecule has 1 unspecified atom stereocenters. The summed E-state index contributed by atoms with van der Waals surface area (Å²) in [7, 11) is 0. The van der Waals surface area contributed by atoms with Gasteiger partial charge >= 0.3 is 0 Å². The molecule has 2 aromatic carbocycles. The summed E-state index contributed by atoms with van der Waals surface area (Å²) in [4.78, 5) is 12.3. The number of ether oxygens (including phenoxy) is 1. The first-order valence-electron chi connectivity index (χ1n) is 5.65. The zero-order valence-corrected chi connectivity index (χ0v) is 9.30. The summed E-state index contributed by atoms with van der Waals surface area (Å²) >= 11 is 0. The number of rotatable bonds is 1. The smallest absolute Gasteiger partial charge is 0.196 e. The molecule has 0 fully saturated rings. The topological polar surface area (TPSA) is 26.3 Å². The molecule has 1 aliphatic rings. The molecule has 0 saturated heterocycles. The second-order valence-corrected chi connectivity index (χ2v) is 4.12. The molecule has 0 bridgehead atoms. The average molecular weight is 224 g/mol. The van der Waals surface area contributed by atoms with Crippen LogP contribution < -0.4 is 0 Å². The molecule has 2 heteroatoms. The van der Waals surface area contributed by atoms with E-state index in [4.69, 9.17) is 4.74 Å². The molecule has 2 aromatic rings. The van der Waals surface area contributed by atoms with Crippen LogP contribution in [0.4, 0.5) is 0 Å². The molecule has 0 radical (unpaired) electrons. The van der Waals surface area contributed by atoms with Gasteiger partial charge < -0.3 is 4.74 Å². The van der Waals surface area contributed by atoms with Crippen molar-refractivity contribution in [3.8, 4) is 0 Å². The van der Waals surface area contributed by atoms with Crippen molar-refractivity contribution >= 4 is 5.78 Å². The fourth-order valence-electron chi connectivity index (χ4n) is 2.15. The van der Waals surface area contributed by atoms with E-state index < -0.39 is 6.10 Å². The van der Waals surface area contributed by atoms with Crippen molar-refractivity contribution in [2.45, 2.75) is 12.7 Å². The first-order valence-corrected chi connectivity index (χ1v) is 5.65. The van der Waals surface area contributed by atoms with Crippen molar-refractivity contribution in [1.82, 2.24) is 0 Å². The number of hydrogen-bond acceptors (Lipinski definition) is 2. The third kappa shape index (κ3) is 1.77. The monoisotopic (exact) mass is 224 g/mol. The number of Topliss-reactive ketones (excluding diaryl/α,β-unsaturated/α-hetero) is 1. The van der Waals surface area contributed by atoms with Gasteiger partial charge in [0.1, 0.15) is 6.10 Å². The quantitative estimate of drug-likeness (QED) is 0.743. The van der Waals surface area contributed by atoms with Crippen LogP contribution >= 0.6 is 0 Å². The summed E-state index contributed by atoms with van der Waals surface area (Å²) in [5.41, 5.74) is 2.68. The van der Waals surface area contributed by atoms with Gasteiger partial charge in [-0.05, 0) is 11.1 Å². The zero-order chi connectivity index (χ0) is 11.7. The summed E-state index contributed by atoms with van der Waals surface area (Å²) in [5.74, 6) is 0.0538. The Morgan fingerprint density at radius 1 is 0.941 bits per heavy atom. The average Bonchev–Trinajstić information content (AvgIpc) is 2.40. The van der Waals surface area contributed by atoms with E-state index in [0.717, 1.165) is 16.7 Å². The summed E-state index contributed by atoms with van der Waals surface area (Å²) < 4.78 is 5.65. The molecular weight excluding hydrogens is 212 g/mol. The van der Waals surface area contributed by atoms with E-state index in [-0.39, 0.29) is 5.78 Å². The van der Waals surface area contributed by atoms with E-state index in [1.165, 1.54) is 0 Å². The minimum Gasteiger partial charge on any atom is -0.361 e. The molecule has 1 aliphatic heterocycles. The number of benzene rings is 2. The number of carbonyl (C=O) groups excluding carboxylic acids is 1. The lowest BCUT2D eigenvalue weighted by molar-refractivity contribution is 0.0257. The van der Waals surface area contributed by atoms with Crippen LogP contribution in [0, 0.1) is 0 Å². The van der Waals surface area contributed by atoms with Crippen LogP contribution in [0.1, 0.15) is 27.6 Å². The number of hydrogen-bond donors (Lipinski definition) is 0. The van der Waals surface area contributed by atoms with Gasteiger partial charge in [0.2, 0.25) is 0 Å². The maximum absolute atomic E-state index is 12.3. The molecule has 0 amide bonds. The Hall–Kier alpha value is -1.93. The molecule has 17 heavy (non-hydrogen) atoms. The third-order valence-corrected chi connectivity index (χ3v) is 3.03. The van der Waals surface area contributed by atoms with Gasteiger partial charge in [0.05, 0.1) is 6.61 Å². The molecule has 1 heterocycles. The minimum atomic E-state index is -0.453. The van der Waals surface area contributed by atoms with E-state index in [1.54, 1.807) is 0 Å². The van der Waals surface area contributed by atoms with Gasteiger partial charge in [0.15, 0.2) is 5.78 Å². The Kier molecular flexibility index (Phi) is 2.50. The molecular formula is C15H12O2. The summed E-state index contributed by atoms with van der Waals surface area (Å²) in [6, 6.07) is 17.3. The van der Waals surface area contributed by atoms with E-state index in [9.17, 15) is 4.79 Å². The maximum Gasteiger partial charge on any atom is 0.196 e. The number of carbonyl (C=O) groups is 1. The van der Waals surface area contributed by atoms with Gasteiger partial charge in [-0.25, -0.2) is 0 Å². The first-order chi connectivity index (χ1) is 8.36. The van der Waals surface area contributed by atoms with Crippen molar-refractivity contribution in [1.29, 1.82) is 0 Å². The van der Waals surface area contributed by atoms with Crippen molar-refractivity contribution < 1.29 is 9.53 Å². The Morgan fingerprint density at radius 3 is 2.47 bits per heavy atom. The van der Waals surface area contributed by atoms with Crippen LogP contribution in [-0.4, -0.2) is 5.78 Å². The molecule has 3 rings (SSSR count). The van der Waals surface area contributed by atoms with Crippen LogP contribution in [0.3, 0.4) is 0 Å². The highest BCUT2D eigenvalue weighted by Gasteiger charge is 2.28. The normalized spacial score (nSPS) is 18.8. The van der Waals surface area contributed by atoms with Gasteiger partial charge in [0.25, 0.3) is 0 Å². The molecule has 1 atom stereocenters. The van der Waals surface area contributed by atoms with Crippen LogP contribution in [0.2, 0.25) is 0 Å². The first kappa shape index (κ1) is 10.2. The standard InChI is InChI=1S/C15H12O2/c16-14-13-9-5-4-8-12(13)10-17-15(14)11-6-2-1-3-7-11/h1-9,15H,10H2. The lowest BCUT2D eigenvalue weighted by atomic mass is 9.94. The van der Waals surface area contributed by atoms with Crippen molar-refractivity contribution in [3.05, 3.63) is 71.3 Å². The van der Waals surface area contributed by atoms with Crippen LogP contribution in [-0.2, 0) is 11.3 Å². The molecule has 0 aliphatic carbocycles. The van der Waals surface area contributed by atoms with Crippen LogP contribution in [0.25, 0.3) is 0 Å². The van der Waals surface area contributed by atoms with Gasteiger partial charge in [-0.15, -0.1) is 0 Å². The van der Waals surface area contributed by atoms with E-state index in [0.29, 0.717) is 6.61 Å². The lowest BCUT2D eigenvalue weighted by Gasteiger charge is -2.24. The third-order valence-electron chi connectivity index (χ3n) is 3.03. The van der Waals surface area contributed by atoms with Crippen LogP contribution in [0.5, 0.6) is 0 Å². The van der Waals surface area contributed by atoms with Crippen molar-refractivity contribution in [2.75, 3.05) is 0 Å².